The zero-order valence-corrected chi connectivity index (χ0v) is 23.2. The fourth-order valence-corrected chi connectivity index (χ4v) is 3.87. The molecule has 228 valence electrons. The first-order valence-corrected chi connectivity index (χ1v) is 14.1. The van der Waals surface area contributed by atoms with E-state index < -0.39 is 55.0 Å². The number of hydrogen-bond acceptors (Lipinski definition) is 11. The molecule has 0 rings (SSSR count). The van der Waals surface area contributed by atoms with E-state index in [1.165, 1.54) is 0 Å². The largest absolute Gasteiger partial charge is 0.508 e. The van der Waals surface area contributed by atoms with E-state index in [1.54, 1.807) is 13.8 Å². The molecule has 0 amide bonds. The van der Waals surface area contributed by atoms with Crippen molar-refractivity contribution >= 4 is 6.16 Å². The van der Waals surface area contributed by atoms with Gasteiger partial charge in [0.1, 0.15) is 0 Å². The Balaban J connectivity index is 3.77. The molecule has 0 aliphatic heterocycles. The van der Waals surface area contributed by atoms with Gasteiger partial charge in [-0.25, -0.2) is 4.79 Å². The Labute approximate surface area is 227 Å². The Morgan fingerprint density at radius 3 is 0.868 bits per heavy atom. The monoisotopic (exact) mass is 554 g/mol. The summed E-state index contributed by atoms with van der Waals surface area (Å²) in [5.74, 6) is 0. The van der Waals surface area contributed by atoms with Crippen LogP contribution in [0.3, 0.4) is 0 Å². The first kappa shape index (κ1) is 37.0. The van der Waals surface area contributed by atoms with E-state index in [-0.39, 0.29) is 26.1 Å². The molecule has 8 atom stereocenters. The summed E-state index contributed by atoms with van der Waals surface area (Å²) in [5, 5.41) is 78.1. The van der Waals surface area contributed by atoms with E-state index in [0.29, 0.717) is 77.0 Å². The summed E-state index contributed by atoms with van der Waals surface area (Å²) in [6.45, 7) is 3.22. The van der Waals surface area contributed by atoms with Crippen molar-refractivity contribution in [3.05, 3.63) is 0 Å². The second-order valence-electron chi connectivity index (χ2n) is 10.6. The number of carbonyl (C=O) groups is 1. The lowest BCUT2D eigenvalue weighted by Gasteiger charge is -2.17. The van der Waals surface area contributed by atoms with E-state index >= 15 is 0 Å². The van der Waals surface area contributed by atoms with Crippen molar-refractivity contribution in [2.45, 2.75) is 153 Å². The fourth-order valence-electron chi connectivity index (χ4n) is 3.87. The molecule has 0 saturated carbocycles. The van der Waals surface area contributed by atoms with Gasteiger partial charge >= 0.3 is 6.16 Å². The van der Waals surface area contributed by atoms with Crippen LogP contribution in [0, 0.1) is 0 Å². The van der Waals surface area contributed by atoms with Crippen molar-refractivity contribution in [2.24, 2.45) is 0 Å². The number of rotatable bonds is 24. The van der Waals surface area contributed by atoms with Gasteiger partial charge in [-0.05, 0) is 90.9 Å². The molecule has 11 nitrogen and oxygen atoms in total. The van der Waals surface area contributed by atoms with Gasteiger partial charge in [-0.1, -0.05) is 0 Å². The Kier molecular flexibility index (Phi) is 22.1. The van der Waals surface area contributed by atoms with Gasteiger partial charge in [0.25, 0.3) is 0 Å². The highest BCUT2D eigenvalue weighted by Gasteiger charge is 2.15. The SMILES string of the molecule is CC(O)CCC(O)CCC(O)CCC(O)CCOC(=O)OCCC(O)CCC(O)CCC(O)CCC(C)O. The molecular formula is C27H54O11. The molecule has 8 unspecified atom stereocenters. The zero-order chi connectivity index (χ0) is 28.9. The van der Waals surface area contributed by atoms with E-state index in [2.05, 4.69) is 0 Å². The molecule has 0 fully saturated rings. The average Bonchev–Trinajstić information content (AvgIpc) is 2.85. The molecule has 0 aromatic rings. The lowest BCUT2D eigenvalue weighted by molar-refractivity contribution is 0.0269. The van der Waals surface area contributed by atoms with Crippen molar-refractivity contribution in [3.8, 4) is 0 Å². The van der Waals surface area contributed by atoms with Gasteiger partial charge in [0, 0.05) is 12.8 Å². The Morgan fingerprint density at radius 1 is 0.421 bits per heavy atom. The number of ether oxygens (including phenoxy) is 2. The molecule has 0 bridgehead atoms. The summed E-state index contributed by atoms with van der Waals surface area (Å²) >= 11 is 0. The van der Waals surface area contributed by atoms with Crippen molar-refractivity contribution in [2.75, 3.05) is 13.2 Å². The van der Waals surface area contributed by atoms with Crippen molar-refractivity contribution < 1.29 is 55.1 Å². The van der Waals surface area contributed by atoms with Gasteiger partial charge in [0.2, 0.25) is 0 Å². The molecule has 0 radical (unpaired) electrons. The molecule has 0 aliphatic rings. The highest BCUT2D eigenvalue weighted by Crippen LogP contribution is 2.15. The summed E-state index contributed by atoms with van der Waals surface area (Å²) in [7, 11) is 0. The smallest absolute Gasteiger partial charge is 0.434 e. The second kappa shape index (κ2) is 22.7. The van der Waals surface area contributed by atoms with Crippen LogP contribution in [0.25, 0.3) is 0 Å². The van der Waals surface area contributed by atoms with Crippen LogP contribution in [0.5, 0.6) is 0 Å². The predicted octanol–water partition coefficient (Wildman–Crippen LogP) is 1.53. The molecule has 0 spiro atoms. The predicted molar refractivity (Wildman–Crippen MR) is 141 cm³/mol. The molecule has 38 heavy (non-hydrogen) atoms. The van der Waals surface area contributed by atoms with E-state index in [1.807, 2.05) is 0 Å². The number of aliphatic hydroxyl groups excluding tert-OH is 8. The van der Waals surface area contributed by atoms with Gasteiger partial charge < -0.3 is 50.3 Å². The number of hydrogen-bond donors (Lipinski definition) is 8. The van der Waals surface area contributed by atoms with Crippen molar-refractivity contribution in [1.82, 2.24) is 0 Å². The number of aliphatic hydroxyl groups is 8. The molecule has 0 aromatic heterocycles. The molecular weight excluding hydrogens is 500 g/mol. The molecule has 0 aliphatic carbocycles. The maximum atomic E-state index is 11.7. The Bertz CT molecular complexity index is 515. The van der Waals surface area contributed by atoms with Gasteiger partial charge in [0.05, 0.1) is 62.0 Å². The third kappa shape index (κ3) is 24.0. The standard InChI is InChI=1S/C27H54O11/c1-19(28)3-5-21(30)7-9-23(32)11-13-25(34)15-17-37-27(36)38-18-16-26(35)14-12-24(33)10-8-22(31)6-4-20(2)29/h19-26,28-35H,3-18H2,1-2H3. The summed E-state index contributed by atoms with van der Waals surface area (Å²) in [6.07, 6.45) is -0.502. The first-order valence-electron chi connectivity index (χ1n) is 14.1. The van der Waals surface area contributed by atoms with Crippen LogP contribution in [0.4, 0.5) is 4.79 Å². The third-order valence-corrected chi connectivity index (χ3v) is 6.51. The van der Waals surface area contributed by atoms with E-state index in [4.69, 9.17) is 9.47 Å². The van der Waals surface area contributed by atoms with Crippen LogP contribution >= 0.6 is 0 Å². The molecule has 11 heteroatoms. The van der Waals surface area contributed by atoms with Crippen LogP contribution in [-0.4, -0.2) is 109 Å². The summed E-state index contributed by atoms with van der Waals surface area (Å²) in [4.78, 5) is 11.7. The summed E-state index contributed by atoms with van der Waals surface area (Å²) in [5.41, 5.74) is 0. The lowest BCUT2D eigenvalue weighted by atomic mass is 10.0. The third-order valence-electron chi connectivity index (χ3n) is 6.51. The minimum absolute atomic E-state index is 0.0496. The van der Waals surface area contributed by atoms with Crippen LogP contribution in [0.15, 0.2) is 0 Å². The molecule has 0 heterocycles. The molecule has 0 saturated heterocycles. The molecule has 8 N–H and O–H groups in total. The minimum Gasteiger partial charge on any atom is -0.434 e. The summed E-state index contributed by atoms with van der Waals surface area (Å²) in [6, 6.07) is 0. The van der Waals surface area contributed by atoms with Gasteiger partial charge in [-0.15, -0.1) is 0 Å². The van der Waals surface area contributed by atoms with Crippen LogP contribution in [0.2, 0.25) is 0 Å². The minimum atomic E-state index is -0.901. The van der Waals surface area contributed by atoms with Crippen LogP contribution in [0.1, 0.15) is 104 Å². The first-order chi connectivity index (χ1) is 17.9. The number of carbonyl (C=O) groups excluding carboxylic acids is 1. The fraction of sp³-hybridized carbons (Fsp3) is 0.963. The van der Waals surface area contributed by atoms with Gasteiger partial charge in [-0.3, -0.25) is 0 Å². The quantitative estimate of drug-likeness (QED) is 0.0805. The Morgan fingerprint density at radius 2 is 0.632 bits per heavy atom. The Hall–Kier alpha value is -1.05. The molecule has 0 aromatic carbocycles. The van der Waals surface area contributed by atoms with Crippen LogP contribution in [-0.2, 0) is 9.47 Å². The van der Waals surface area contributed by atoms with Crippen molar-refractivity contribution in [1.29, 1.82) is 0 Å². The highest BCUT2D eigenvalue weighted by atomic mass is 16.7. The normalized spacial score (nSPS) is 18.2. The highest BCUT2D eigenvalue weighted by molar-refractivity contribution is 5.59. The van der Waals surface area contributed by atoms with Crippen molar-refractivity contribution in [3.63, 3.8) is 0 Å². The van der Waals surface area contributed by atoms with Gasteiger partial charge in [0.15, 0.2) is 0 Å². The second-order valence-corrected chi connectivity index (χ2v) is 10.6. The zero-order valence-electron chi connectivity index (χ0n) is 23.2. The van der Waals surface area contributed by atoms with E-state index in [0.717, 1.165) is 0 Å². The topological polar surface area (TPSA) is 197 Å². The maximum Gasteiger partial charge on any atom is 0.508 e. The lowest BCUT2D eigenvalue weighted by Crippen LogP contribution is -2.20. The van der Waals surface area contributed by atoms with Gasteiger partial charge in [-0.2, -0.15) is 0 Å². The van der Waals surface area contributed by atoms with Crippen LogP contribution < -0.4 is 0 Å². The van der Waals surface area contributed by atoms with E-state index in [9.17, 15) is 45.6 Å². The summed E-state index contributed by atoms with van der Waals surface area (Å²) < 4.78 is 9.83. The average molecular weight is 555 g/mol. The maximum absolute atomic E-state index is 11.7.